The van der Waals surface area contributed by atoms with Crippen LogP contribution in [0.2, 0.25) is 5.02 Å². The molecule has 1 saturated heterocycles. The summed E-state index contributed by atoms with van der Waals surface area (Å²) in [4.78, 5) is 7.91. The molecule has 3 aromatic rings. The van der Waals surface area contributed by atoms with Crippen LogP contribution in [0.15, 0.2) is 30.5 Å². The number of halogens is 1. The average Bonchev–Trinajstić information content (AvgIpc) is 3.15. The number of nitrogens with zero attached hydrogens (tertiary/aromatic N) is 4. The maximum absolute atomic E-state index is 5.95. The summed E-state index contributed by atoms with van der Waals surface area (Å²) in [7, 11) is 1.79. The highest BCUT2D eigenvalue weighted by Crippen LogP contribution is 2.30. The number of aromatic nitrogens is 3. The van der Waals surface area contributed by atoms with Crippen LogP contribution in [0.3, 0.4) is 0 Å². The topological polar surface area (TPSA) is 42.7 Å². The second-order valence-electron chi connectivity index (χ2n) is 6.23. The van der Waals surface area contributed by atoms with Gasteiger partial charge < -0.3 is 9.64 Å². The molecule has 2 aromatic heterocycles. The summed E-state index contributed by atoms with van der Waals surface area (Å²) in [5, 5.41) is 6.45. The van der Waals surface area contributed by atoms with Gasteiger partial charge in [-0.05, 0) is 24.5 Å². The van der Waals surface area contributed by atoms with Gasteiger partial charge in [-0.2, -0.15) is 0 Å². The standard InChI is InChI=1S/C17H19ClN4OS/c1-11-7-8-21(10-15(11)23-2)17-20-22-9-14(19-16(22)24-17)12-3-5-13(18)6-4-12/h3-6,9,11,15H,7-8,10H2,1-2H3. The van der Waals surface area contributed by atoms with E-state index in [0.29, 0.717) is 5.92 Å². The Kier molecular flexibility index (Phi) is 4.20. The summed E-state index contributed by atoms with van der Waals surface area (Å²) in [6.45, 7) is 4.15. The number of imidazole rings is 1. The van der Waals surface area contributed by atoms with Crippen molar-refractivity contribution in [2.24, 2.45) is 5.92 Å². The van der Waals surface area contributed by atoms with Crippen molar-refractivity contribution < 1.29 is 4.74 Å². The van der Waals surface area contributed by atoms with Gasteiger partial charge in [0.05, 0.1) is 18.0 Å². The highest BCUT2D eigenvalue weighted by Gasteiger charge is 2.28. The Labute approximate surface area is 149 Å². The van der Waals surface area contributed by atoms with Crippen molar-refractivity contribution in [1.29, 1.82) is 0 Å². The van der Waals surface area contributed by atoms with Crippen LogP contribution in [0.25, 0.3) is 16.2 Å². The first-order chi connectivity index (χ1) is 11.6. The molecule has 4 rings (SSSR count). The average molecular weight is 363 g/mol. The lowest BCUT2D eigenvalue weighted by atomic mass is 9.96. The van der Waals surface area contributed by atoms with Gasteiger partial charge >= 0.3 is 0 Å². The van der Waals surface area contributed by atoms with Gasteiger partial charge in [-0.15, -0.1) is 5.10 Å². The van der Waals surface area contributed by atoms with Crippen LogP contribution in [0.1, 0.15) is 13.3 Å². The molecule has 1 fully saturated rings. The lowest BCUT2D eigenvalue weighted by molar-refractivity contribution is 0.0498. The molecule has 1 aromatic carbocycles. The molecule has 3 heterocycles. The minimum atomic E-state index is 0.264. The molecule has 126 valence electrons. The third-order valence-electron chi connectivity index (χ3n) is 4.64. The molecule has 0 spiro atoms. The molecule has 2 unspecified atom stereocenters. The zero-order valence-electron chi connectivity index (χ0n) is 13.6. The van der Waals surface area contributed by atoms with Crippen molar-refractivity contribution in [2.75, 3.05) is 25.1 Å². The Morgan fingerprint density at radius 2 is 2.08 bits per heavy atom. The Morgan fingerprint density at radius 3 is 2.79 bits per heavy atom. The summed E-state index contributed by atoms with van der Waals surface area (Å²) in [6.07, 6.45) is 3.36. The van der Waals surface area contributed by atoms with Crippen LogP contribution in [-0.2, 0) is 4.74 Å². The van der Waals surface area contributed by atoms with E-state index in [4.69, 9.17) is 26.4 Å². The number of hydrogen-bond donors (Lipinski definition) is 0. The third kappa shape index (κ3) is 2.90. The van der Waals surface area contributed by atoms with Crippen LogP contribution in [0, 0.1) is 5.92 Å². The van der Waals surface area contributed by atoms with Gasteiger partial charge in [0.2, 0.25) is 10.1 Å². The van der Waals surface area contributed by atoms with Crippen LogP contribution in [-0.4, -0.2) is 40.9 Å². The van der Waals surface area contributed by atoms with E-state index in [2.05, 4.69) is 11.8 Å². The number of hydrogen-bond acceptors (Lipinski definition) is 5. The lowest BCUT2D eigenvalue weighted by Gasteiger charge is -2.35. The molecule has 0 radical (unpaired) electrons. The number of rotatable bonds is 3. The predicted octanol–water partition coefficient (Wildman–Crippen LogP) is 3.97. The monoisotopic (exact) mass is 362 g/mol. The van der Waals surface area contributed by atoms with Crippen molar-refractivity contribution in [3.63, 3.8) is 0 Å². The van der Waals surface area contributed by atoms with E-state index >= 15 is 0 Å². The number of anilines is 1. The van der Waals surface area contributed by atoms with Crippen LogP contribution in [0.5, 0.6) is 0 Å². The van der Waals surface area contributed by atoms with Gasteiger partial charge in [-0.3, -0.25) is 0 Å². The number of benzene rings is 1. The second kappa shape index (κ2) is 6.35. The third-order valence-corrected chi connectivity index (χ3v) is 5.87. The van der Waals surface area contributed by atoms with Crippen molar-refractivity contribution in [2.45, 2.75) is 19.4 Å². The molecule has 7 heteroatoms. The Hall–Kier alpha value is -1.63. The van der Waals surface area contributed by atoms with E-state index < -0.39 is 0 Å². The lowest BCUT2D eigenvalue weighted by Crippen LogP contribution is -2.43. The van der Waals surface area contributed by atoms with Crippen molar-refractivity contribution in [1.82, 2.24) is 14.6 Å². The highest BCUT2D eigenvalue weighted by atomic mass is 35.5. The molecule has 0 saturated carbocycles. The molecule has 24 heavy (non-hydrogen) atoms. The van der Waals surface area contributed by atoms with Gasteiger partial charge in [0.15, 0.2) is 0 Å². The van der Waals surface area contributed by atoms with E-state index in [9.17, 15) is 0 Å². The fourth-order valence-corrected chi connectivity index (χ4v) is 4.14. The van der Waals surface area contributed by atoms with E-state index in [-0.39, 0.29) is 6.10 Å². The van der Waals surface area contributed by atoms with Gasteiger partial charge in [-0.1, -0.05) is 42.0 Å². The zero-order valence-corrected chi connectivity index (χ0v) is 15.2. The van der Waals surface area contributed by atoms with E-state index in [1.807, 2.05) is 35.0 Å². The molecule has 0 amide bonds. The first-order valence-electron chi connectivity index (χ1n) is 8.04. The Morgan fingerprint density at radius 1 is 1.29 bits per heavy atom. The fraction of sp³-hybridized carbons (Fsp3) is 0.412. The maximum atomic E-state index is 5.95. The fourth-order valence-electron chi connectivity index (χ4n) is 3.09. The normalized spacial score (nSPS) is 21.5. The minimum absolute atomic E-state index is 0.264. The highest BCUT2D eigenvalue weighted by molar-refractivity contribution is 7.20. The molecule has 5 nitrogen and oxygen atoms in total. The van der Waals surface area contributed by atoms with Crippen LogP contribution >= 0.6 is 22.9 Å². The number of fused-ring (bicyclic) bond motifs is 1. The molecule has 2 atom stereocenters. The largest absolute Gasteiger partial charge is 0.379 e. The SMILES string of the molecule is COC1CN(c2nn3cc(-c4ccc(Cl)cc4)nc3s2)CCC1C. The van der Waals surface area contributed by atoms with Crippen molar-refractivity contribution in [3.05, 3.63) is 35.5 Å². The predicted molar refractivity (Wildman–Crippen MR) is 98.1 cm³/mol. The Balaban J connectivity index is 1.59. The van der Waals surface area contributed by atoms with Crippen LogP contribution < -0.4 is 4.90 Å². The summed E-state index contributed by atoms with van der Waals surface area (Å²) >= 11 is 7.57. The van der Waals surface area contributed by atoms with Crippen molar-refractivity contribution >= 4 is 33.0 Å². The van der Waals surface area contributed by atoms with Crippen molar-refractivity contribution in [3.8, 4) is 11.3 Å². The first-order valence-corrected chi connectivity index (χ1v) is 9.23. The molecule has 1 aliphatic rings. The minimum Gasteiger partial charge on any atom is -0.379 e. The molecular weight excluding hydrogens is 344 g/mol. The smallest absolute Gasteiger partial charge is 0.214 e. The quantitative estimate of drug-likeness (QED) is 0.707. The summed E-state index contributed by atoms with van der Waals surface area (Å²) in [5.41, 5.74) is 1.96. The first kappa shape index (κ1) is 15.9. The second-order valence-corrected chi connectivity index (χ2v) is 7.60. The number of piperidine rings is 1. The van der Waals surface area contributed by atoms with Gasteiger partial charge in [0, 0.05) is 30.8 Å². The number of methoxy groups -OCH3 is 1. The summed E-state index contributed by atoms with van der Waals surface area (Å²) < 4.78 is 7.46. The van der Waals surface area contributed by atoms with E-state index in [1.54, 1.807) is 18.4 Å². The Bertz CT molecular complexity index is 813. The number of ether oxygens (including phenoxy) is 1. The molecule has 0 aliphatic carbocycles. The molecule has 0 N–H and O–H groups in total. The molecule has 1 aliphatic heterocycles. The summed E-state index contributed by atoms with van der Waals surface area (Å²) in [6, 6.07) is 7.71. The maximum Gasteiger partial charge on any atom is 0.214 e. The van der Waals surface area contributed by atoms with Gasteiger partial charge in [-0.25, -0.2) is 9.50 Å². The molecular formula is C17H19ClN4OS. The zero-order chi connectivity index (χ0) is 16.7. The van der Waals surface area contributed by atoms with E-state index in [1.165, 1.54) is 0 Å². The van der Waals surface area contributed by atoms with Gasteiger partial charge in [0.1, 0.15) is 0 Å². The molecule has 0 bridgehead atoms. The van der Waals surface area contributed by atoms with Crippen LogP contribution in [0.4, 0.5) is 5.13 Å². The van der Waals surface area contributed by atoms with E-state index in [0.717, 1.165) is 45.9 Å². The van der Waals surface area contributed by atoms with Gasteiger partial charge in [0.25, 0.3) is 0 Å². The summed E-state index contributed by atoms with van der Waals surface area (Å²) in [5.74, 6) is 0.590.